The lowest BCUT2D eigenvalue weighted by atomic mass is 10.3. The van der Waals surface area contributed by atoms with Gasteiger partial charge in [0.25, 0.3) is 8.53 Å². The van der Waals surface area contributed by atoms with E-state index in [1.54, 1.807) is 14.2 Å². The number of rotatable bonds is 6. The van der Waals surface area contributed by atoms with Crippen LogP contribution in [0.25, 0.3) is 0 Å². The molecule has 0 aliphatic heterocycles. The lowest BCUT2D eigenvalue weighted by Crippen LogP contribution is -2.45. The average Bonchev–Trinajstić information content (AvgIpc) is 2.05. The predicted octanol–water partition coefficient (Wildman–Crippen LogP) is 2.13. The Hall–Kier alpha value is 0.270. The van der Waals surface area contributed by atoms with Gasteiger partial charge < -0.3 is 9.05 Å². The van der Waals surface area contributed by atoms with Crippen LogP contribution < -0.4 is 5.20 Å². The third-order valence-electron chi connectivity index (χ3n) is 1.64. The van der Waals surface area contributed by atoms with E-state index in [4.69, 9.17) is 9.05 Å². The molecular formula is C8H21N2O2P. The van der Waals surface area contributed by atoms with Crippen LogP contribution in [0.2, 0.25) is 0 Å². The van der Waals surface area contributed by atoms with Gasteiger partial charge >= 0.3 is 0 Å². The quantitative estimate of drug-likeness (QED) is 0.535. The fraction of sp³-hybridized carbons (Fsp3) is 1.00. The van der Waals surface area contributed by atoms with Gasteiger partial charge in [0.1, 0.15) is 0 Å². The number of hydrogen-bond acceptors (Lipinski definition) is 4. The van der Waals surface area contributed by atoms with Crippen molar-refractivity contribution in [2.45, 2.75) is 39.8 Å². The van der Waals surface area contributed by atoms with Crippen LogP contribution in [-0.4, -0.2) is 31.3 Å². The fourth-order valence-electron chi connectivity index (χ4n) is 1.08. The summed E-state index contributed by atoms with van der Waals surface area (Å²) in [4.78, 5) is 0. The van der Waals surface area contributed by atoms with Crippen LogP contribution in [0.3, 0.4) is 0 Å². The van der Waals surface area contributed by atoms with Gasteiger partial charge in [-0.25, -0.2) is 5.01 Å². The summed E-state index contributed by atoms with van der Waals surface area (Å²) in [5.41, 5.74) is 0. The lowest BCUT2D eigenvalue weighted by Gasteiger charge is -2.32. The van der Waals surface area contributed by atoms with E-state index in [-0.39, 0.29) is 0 Å². The fourth-order valence-corrected chi connectivity index (χ4v) is 2.04. The first kappa shape index (κ1) is 13.3. The van der Waals surface area contributed by atoms with Crippen LogP contribution in [0, 0.1) is 0 Å². The minimum atomic E-state index is -0.985. The zero-order chi connectivity index (χ0) is 10.4. The summed E-state index contributed by atoms with van der Waals surface area (Å²) in [5.74, 6) is 0. The maximum Gasteiger partial charge on any atom is 0.270 e. The number of nitrogens with zero attached hydrogens (tertiary/aromatic N) is 1. The van der Waals surface area contributed by atoms with E-state index < -0.39 is 8.53 Å². The van der Waals surface area contributed by atoms with Crippen molar-refractivity contribution >= 4 is 8.53 Å². The zero-order valence-corrected chi connectivity index (χ0v) is 10.3. The monoisotopic (exact) mass is 208 g/mol. The Labute approximate surface area is 82.5 Å². The van der Waals surface area contributed by atoms with Gasteiger partial charge in [0, 0.05) is 26.3 Å². The summed E-state index contributed by atoms with van der Waals surface area (Å²) in [6, 6.07) is 0.852. The van der Waals surface area contributed by atoms with Crippen LogP contribution in [0.1, 0.15) is 27.7 Å². The largest absolute Gasteiger partial charge is 0.325 e. The molecule has 5 heteroatoms. The summed E-state index contributed by atoms with van der Waals surface area (Å²) in [5, 5.41) is 5.33. The first-order valence-corrected chi connectivity index (χ1v) is 5.63. The first-order chi connectivity index (χ1) is 6.02. The Morgan fingerprint density at radius 2 is 1.38 bits per heavy atom. The van der Waals surface area contributed by atoms with Crippen molar-refractivity contribution in [2.75, 3.05) is 14.2 Å². The van der Waals surface area contributed by atoms with E-state index in [9.17, 15) is 0 Å². The molecule has 80 valence electrons. The summed E-state index contributed by atoms with van der Waals surface area (Å²) in [6.07, 6.45) is 0. The molecule has 0 fully saturated rings. The zero-order valence-electron chi connectivity index (χ0n) is 9.37. The van der Waals surface area contributed by atoms with Crippen LogP contribution in [0.4, 0.5) is 0 Å². The molecule has 0 bridgehead atoms. The Bertz CT molecular complexity index is 121. The first-order valence-electron chi connectivity index (χ1n) is 4.45. The van der Waals surface area contributed by atoms with Gasteiger partial charge in [-0.2, -0.15) is 5.20 Å². The van der Waals surface area contributed by atoms with Crippen molar-refractivity contribution in [1.82, 2.24) is 10.2 Å². The second kappa shape index (κ2) is 6.68. The van der Waals surface area contributed by atoms with Crippen molar-refractivity contribution in [3.8, 4) is 0 Å². The highest BCUT2D eigenvalue weighted by Crippen LogP contribution is 2.31. The van der Waals surface area contributed by atoms with E-state index in [1.807, 2.05) is 0 Å². The molecule has 0 rings (SSSR count). The van der Waals surface area contributed by atoms with Crippen LogP contribution >= 0.6 is 8.53 Å². The summed E-state index contributed by atoms with van der Waals surface area (Å²) < 4.78 is 10.2. The third kappa shape index (κ3) is 4.89. The average molecular weight is 208 g/mol. The molecular weight excluding hydrogens is 187 g/mol. The van der Waals surface area contributed by atoms with Crippen molar-refractivity contribution in [2.24, 2.45) is 0 Å². The highest BCUT2D eigenvalue weighted by molar-refractivity contribution is 7.44. The van der Waals surface area contributed by atoms with Crippen molar-refractivity contribution in [3.05, 3.63) is 0 Å². The molecule has 0 unspecified atom stereocenters. The van der Waals surface area contributed by atoms with Gasteiger partial charge in [-0.15, -0.1) is 0 Å². The topological polar surface area (TPSA) is 33.7 Å². The third-order valence-corrected chi connectivity index (χ3v) is 2.70. The molecule has 0 amide bonds. The maximum absolute atomic E-state index is 5.12. The van der Waals surface area contributed by atoms with Gasteiger partial charge in [0.05, 0.1) is 0 Å². The van der Waals surface area contributed by atoms with Crippen molar-refractivity contribution in [3.63, 3.8) is 0 Å². The van der Waals surface area contributed by atoms with Gasteiger partial charge in [0.15, 0.2) is 0 Å². The molecule has 0 aliphatic rings. The predicted molar refractivity (Wildman–Crippen MR) is 56.2 cm³/mol. The molecule has 0 aliphatic carbocycles. The molecule has 0 saturated carbocycles. The van der Waals surface area contributed by atoms with Gasteiger partial charge in [-0.05, 0) is 27.7 Å². The summed E-state index contributed by atoms with van der Waals surface area (Å²) in [7, 11) is 2.30. The van der Waals surface area contributed by atoms with E-state index in [1.165, 1.54) is 0 Å². The molecule has 0 saturated heterocycles. The van der Waals surface area contributed by atoms with E-state index in [0.29, 0.717) is 12.1 Å². The molecule has 13 heavy (non-hydrogen) atoms. The molecule has 4 nitrogen and oxygen atoms in total. The molecule has 0 aromatic rings. The van der Waals surface area contributed by atoms with Crippen LogP contribution in [0.5, 0.6) is 0 Å². The van der Waals surface area contributed by atoms with Gasteiger partial charge in [-0.3, -0.25) is 0 Å². The normalized spacial score (nSPS) is 12.5. The SMILES string of the molecule is COP(NN(C(C)C)C(C)C)OC. The second-order valence-electron chi connectivity index (χ2n) is 3.32. The number of nitrogens with one attached hydrogen (secondary N) is 1. The van der Waals surface area contributed by atoms with Crippen molar-refractivity contribution < 1.29 is 9.05 Å². The molecule has 1 N–H and O–H groups in total. The van der Waals surface area contributed by atoms with Crippen molar-refractivity contribution in [1.29, 1.82) is 0 Å². The second-order valence-corrected chi connectivity index (χ2v) is 4.76. The number of hydrazine groups is 1. The van der Waals surface area contributed by atoms with Crippen LogP contribution in [0.15, 0.2) is 0 Å². The van der Waals surface area contributed by atoms with E-state index in [2.05, 4.69) is 37.9 Å². The Kier molecular flexibility index (Phi) is 6.82. The summed E-state index contributed by atoms with van der Waals surface area (Å²) >= 11 is 0. The molecule has 0 spiro atoms. The molecule has 0 heterocycles. The Balaban J connectivity index is 4.08. The Morgan fingerprint density at radius 1 is 1.00 bits per heavy atom. The van der Waals surface area contributed by atoms with E-state index >= 15 is 0 Å². The molecule has 0 aromatic heterocycles. The standard InChI is InChI=1S/C8H21N2O2P/c1-7(2)10(8(3)4)9-13(11-5)12-6/h7-9H,1-6H3. The number of hydrogen-bond donors (Lipinski definition) is 1. The van der Waals surface area contributed by atoms with Gasteiger partial charge in [0.2, 0.25) is 0 Å². The van der Waals surface area contributed by atoms with Crippen LogP contribution in [-0.2, 0) is 9.05 Å². The smallest absolute Gasteiger partial charge is 0.270 e. The highest BCUT2D eigenvalue weighted by atomic mass is 31.2. The molecule has 0 aromatic carbocycles. The van der Waals surface area contributed by atoms with E-state index in [0.717, 1.165) is 0 Å². The molecule has 0 atom stereocenters. The maximum atomic E-state index is 5.12. The summed E-state index contributed by atoms with van der Waals surface area (Å²) in [6.45, 7) is 8.52. The minimum Gasteiger partial charge on any atom is -0.325 e. The lowest BCUT2D eigenvalue weighted by molar-refractivity contribution is 0.130. The minimum absolute atomic E-state index is 0.426. The Morgan fingerprint density at radius 3 is 1.62 bits per heavy atom. The highest BCUT2D eigenvalue weighted by Gasteiger charge is 2.18. The van der Waals surface area contributed by atoms with Gasteiger partial charge in [-0.1, -0.05) is 0 Å². The molecule has 0 radical (unpaired) electrons.